The first-order valence-electron chi connectivity index (χ1n) is 6.31. The highest BCUT2D eigenvalue weighted by Gasteiger charge is 2.23. The summed E-state index contributed by atoms with van der Waals surface area (Å²) in [5.41, 5.74) is 0.945. The molecular formula is C14H18N2O3. The highest BCUT2D eigenvalue weighted by atomic mass is 16.5. The SMILES string of the molecule is CN1CCN(CC(=O)OCc2ccccc2)C(=O)C1. The molecule has 1 aliphatic heterocycles. The number of esters is 1. The van der Waals surface area contributed by atoms with E-state index >= 15 is 0 Å². The number of benzene rings is 1. The Labute approximate surface area is 112 Å². The van der Waals surface area contributed by atoms with Gasteiger partial charge in [0, 0.05) is 13.1 Å². The molecule has 0 aromatic heterocycles. The fourth-order valence-corrected chi connectivity index (χ4v) is 1.93. The van der Waals surface area contributed by atoms with Gasteiger partial charge in [-0.25, -0.2) is 0 Å². The highest BCUT2D eigenvalue weighted by Crippen LogP contribution is 2.04. The molecule has 1 heterocycles. The molecule has 0 atom stereocenters. The summed E-state index contributed by atoms with van der Waals surface area (Å²) in [7, 11) is 1.89. The average Bonchev–Trinajstić information content (AvgIpc) is 2.41. The van der Waals surface area contributed by atoms with Gasteiger partial charge in [0.15, 0.2) is 0 Å². The molecule has 5 nitrogen and oxygen atoms in total. The Morgan fingerprint density at radius 2 is 2.00 bits per heavy atom. The summed E-state index contributed by atoms with van der Waals surface area (Å²) in [6, 6.07) is 9.50. The van der Waals surface area contributed by atoms with Crippen LogP contribution in [-0.4, -0.2) is 54.9 Å². The standard InChI is InChI=1S/C14H18N2O3/c1-15-7-8-16(13(17)9-15)10-14(18)19-11-12-5-3-2-4-6-12/h2-6H,7-11H2,1H3. The highest BCUT2D eigenvalue weighted by molar-refractivity contribution is 5.83. The quantitative estimate of drug-likeness (QED) is 0.742. The Balaban J connectivity index is 1.77. The van der Waals surface area contributed by atoms with Gasteiger partial charge in [0.05, 0.1) is 6.54 Å². The zero-order valence-corrected chi connectivity index (χ0v) is 11.0. The van der Waals surface area contributed by atoms with Crippen LogP contribution in [0.4, 0.5) is 0 Å². The second-order valence-corrected chi connectivity index (χ2v) is 4.70. The van der Waals surface area contributed by atoms with Crippen LogP contribution in [-0.2, 0) is 20.9 Å². The van der Waals surface area contributed by atoms with Crippen molar-refractivity contribution >= 4 is 11.9 Å². The van der Waals surface area contributed by atoms with E-state index in [4.69, 9.17) is 4.74 Å². The summed E-state index contributed by atoms with van der Waals surface area (Å²) >= 11 is 0. The third kappa shape index (κ3) is 4.06. The Bertz CT molecular complexity index is 447. The van der Waals surface area contributed by atoms with E-state index in [1.54, 1.807) is 4.90 Å². The van der Waals surface area contributed by atoms with Crippen molar-refractivity contribution in [2.24, 2.45) is 0 Å². The van der Waals surface area contributed by atoms with Gasteiger partial charge in [0.25, 0.3) is 0 Å². The van der Waals surface area contributed by atoms with E-state index in [9.17, 15) is 9.59 Å². The van der Waals surface area contributed by atoms with Gasteiger partial charge in [0.2, 0.25) is 5.91 Å². The molecule has 1 aromatic rings. The molecule has 1 aliphatic rings. The lowest BCUT2D eigenvalue weighted by molar-refractivity contribution is -0.152. The minimum Gasteiger partial charge on any atom is -0.459 e. The molecule has 19 heavy (non-hydrogen) atoms. The third-order valence-corrected chi connectivity index (χ3v) is 3.07. The Hall–Kier alpha value is -1.88. The summed E-state index contributed by atoms with van der Waals surface area (Å²) < 4.78 is 5.16. The maximum atomic E-state index is 11.7. The van der Waals surface area contributed by atoms with Crippen molar-refractivity contribution in [3.05, 3.63) is 35.9 Å². The maximum Gasteiger partial charge on any atom is 0.325 e. The lowest BCUT2D eigenvalue weighted by atomic mass is 10.2. The smallest absolute Gasteiger partial charge is 0.325 e. The number of piperazine rings is 1. The molecule has 5 heteroatoms. The first-order valence-corrected chi connectivity index (χ1v) is 6.31. The van der Waals surface area contributed by atoms with Crippen LogP contribution in [0, 0.1) is 0 Å². The molecule has 102 valence electrons. The van der Waals surface area contributed by atoms with Crippen molar-refractivity contribution in [3.8, 4) is 0 Å². The maximum absolute atomic E-state index is 11.7. The molecule has 1 saturated heterocycles. The van der Waals surface area contributed by atoms with Crippen LogP contribution in [0.15, 0.2) is 30.3 Å². The Kier molecular flexibility index (Phi) is 4.52. The van der Waals surface area contributed by atoms with E-state index in [1.165, 1.54) is 0 Å². The zero-order valence-electron chi connectivity index (χ0n) is 11.0. The van der Waals surface area contributed by atoms with Gasteiger partial charge in [0.1, 0.15) is 13.2 Å². The summed E-state index contributed by atoms with van der Waals surface area (Å²) in [5.74, 6) is -0.382. The Morgan fingerprint density at radius 1 is 1.26 bits per heavy atom. The molecule has 1 fully saturated rings. The van der Waals surface area contributed by atoms with Gasteiger partial charge in [-0.2, -0.15) is 0 Å². The average molecular weight is 262 g/mol. The second kappa shape index (κ2) is 6.33. The molecule has 0 unspecified atom stereocenters. The predicted molar refractivity (Wildman–Crippen MR) is 70.3 cm³/mol. The molecule has 0 N–H and O–H groups in total. The number of carbonyl (C=O) groups excluding carboxylic acids is 2. The molecular weight excluding hydrogens is 244 g/mol. The number of carbonyl (C=O) groups is 2. The fraction of sp³-hybridized carbons (Fsp3) is 0.429. The van der Waals surface area contributed by atoms with Gasteiger partial charge in [-0.15, -0.1) is 0 Å². The zero-order chi connectivity index (χ0) is 13.7. The van der Waals surface area contributed by atoms with Crippen molar-refractivity contribution in [2.75, 3.05) is 33.2 Å². The number of amides is 1. The van der Waals surface area contributed by atoms with Gasteiger partial charge in [-0.3, -0.25) is 14.5 Å². The molecule has 0 bridgehead atoms. The second-order valence-electron chi connectivity index (χ2n) is 4.70. The number of ether oxygens (including phenoxy) is 1. The van der Waals surface area contributed by atoms with Crippen molar-refractivity contribution in [1.82, 2.24) is 9.80 Å². The van der Waals surface area contributed by atoms with E-state index in [1.807, 2.05) is 42.3 Å². The predicted octanol–water partition coefficient (Wildman–Crippen LogP) is 0.504. The number of nitrogens with zero attached hydrogens (tertiary/aromatic N) is 2. The van der Waals surface area contributed by atoms with Gasteiger partial charge >= 0.3 is 5.97 Å². The van der Waals surface area contributed by atoms with Crippen LogP contribution in [0.1, 0.15) is 5.56 Å². The van der Waals surface area contributed by atoms with Crippen LogP contribution in [0.5, 0.6) is 0 Å². The topological polar surface area (TPSA) is 49.9 Å². The molecule has 2 rings (SSSR count). The number of rotatable bonds is 4. The van der Waals surface area contributed by atoms with E-state index in [0.717, 1.165) is 12.1 Å². The van der Waals surface area contributed by atoms with E-state index in [-0.39, 0.29) is 25.0 Å². The molecule has 0 aliphatic carbocycles. The van der Waals surface area contributed by atoms with E-state index < -0.39 is 0 Å². The molecule has 1 amide bonds. The van der Waals surface area contributed by atoms with Crippen LogP contribution in [0.3, 0.4) is 0 Å². The first kappa shape index (κ1) is 13.5. The van der Waals surface area contributed by atoms with Crippen molar-refractivity contribution in [1.29, 1.82) is 0 Å². The molecule has 1 aromatic carbocycles. The van der Waals surface area contributed by atoms with E-state index in [0.29, 0.717) is 13.1 Å². The fourth-order valence-electron chi connectivity index (χ4n) is 1.93. The summed E-state index contributed by atoms with van der Waals surface area (Å²) in [4.78, 5) is 26.9. The van der Waals surface area contributed by atoms with Gasteiger partial charge < -0.3 is 9.64 Å². The van der Waals surface area contributed by atoms with Crippen molar-refractivity contribution in [2.45, 2.75) is 6.61 Å². The van der Waals surface area contributed by atoms with Crippen LogP contribution < -0.4 is 0 Å². The van der Waals surface area contributed by atoms with Crippen LogP contribution in [0.2, 0.25) is 0 Å². The van der Waals surface area contributed by atoms with Crippen molar-refractivity contribution < 1.29 is 14.3 Å². The largest absolute Gasteiger partial charge is 0.459 e. The molecule has 0 radical (unpaired) electrons. The third-order valence-electron chi connectivity index (χ3n) is 3.07. The van der Waals surface area contributed by atoms with Crippen LogP contribution >= 0.6 is 0 Å². The van der Waals surface area contributed by atoms with Crippen LogP contribution in [0.25, 0.3) is 0 Å². The summed E-state index contributed by atoms with van der Waals surface area (Å²) in [6.45, 7) is 2.03. The lowest BCUT2D eigenvalue weighted by Crippen LogP contribution is -2.50. The number of hydrogen-bond acceptors (Lipinski definition) is 4. The lowest BCUT2D eigenvalue weighted by Gasteiger charge is -2.31. The summed E-state index contributed by atoms with van der Waals surface area (Å²) in [5, 5.41) is 0. The molecule has 0 spiro atoms. The normalized spacial score (nSPS) is 16.5. The number of likely N-dealkylation sites (N-methyl/N-ethyl adjacent to an activating group) is 1. The number of hydrogen-bond donors (Lipinski definition) is 0. The first-order chi connectivity index (χ1) is 9.15. The minimum atomic E-state index is -0.359. The van der Waals surface area contributed by atoms with Gasteiger partial charge in [-0.1, -0.05) is 30.3 Å². The minimum absolute atomic E-state index is 0.0228. The van der Waals surface area contributed by atoms with Crippen molar-refractivity contribution in [3.63, 3.8) is 0 Å². The van der Waals surface area contributed by atoms with Gasteiger partial charge in [-0.05, 0) is 12.6 Å². The van der Waals surface area contributed by atoms with E-state index in [2.05, 4.69) is 0 Å². The Morgan fingerprint density at radius 3 is 2.68 bits per heavy atom. The monoisotopic (exact) mass is 262 g/mol. The molecule has 0 saturated carbocycles. The summed E-state index contributed by atoms with van der Waals surface area (Å²) in [6.07, 6.45) is 0.